The van der Waals surface area contributed by atoms with E-state index in [9.17, 15) is 13.9 Å². The first-order valence-electron chi connectivity index (χ1n) is 6.40. The third-order valence-corrected chi connectivity index (χ3v) is 3.99. The number of piperazine rings is 1. The van der Waals surface area contributed by atoms with Crippen molar-refractivity contribution in [3.05, 3.63) is 27.7 Å². The van der Waals surface area contributed by atoms with Crippen LogP contribution in [0.25, 0.3) is 0 Å². The average molecular weight is 325 g/mol. The molecule has 3 nitrogen and oxygen atoms in total. The van der Waals surface area contributed by atoms with Gasteiger partial charge in [-0.1, -0.05) is 23.2 Å². The van der Waals surface area contributed by atoms with E-state index in [1.165, 1.54) is 12.1 Å². The van der Waals surface area contributed by atoms with Gasteiger partial charge in [-0.25, -0.2) is 8.78 Å². The minimum Gasteiger partial charge on any atom is -0.505 e. The SMILES string of the molecule is Oc1c(Cl)cc([C@H](CC(F)F)N2CCNCC2)cc1Cl. The normalized spacial score (nSPS) is 18.4. The number of hydrogen-bond donors (Lipinski definition) is 2. The summed E-state index contributed by atoms with van der Waals surface area (Å²) in [6.07, 6.45) is -2.70. The maximum absolute atomic E-state index is 12.8. The van der Waals surface area contributed by atoms with Crippen molar-refractivity contribution in [2.24, 2.45) is 0 Å². The molecule has 2 rings (SSSR count). The minimum atomic E-state index is -2.42. The summed E-state index contributed by atoms with van der Waals surface area (Å²) >= 11 is 11.8. The van der Waals surface area contributed by atoms with Gasteiger partial charge in [0.25, 0.3) is 0 Å². The first kappa shape index (κ1) is 15.8. The smallest absolute Gasteiger partial charge is 0.240 e. The van der Waals surface area contributed by atoms with Crippen LogP contribution < -0.4 is 5.32 Å². The molecule has 0 bridgehead atoms. The summed E-state index contributed by atoms with van der Waals surface area (Å²) in [7, 11) is 0. The molecule has 1 fully saturated rings. The molecule has 112 valence electrons. The Bertz CT molecular complexity index is 445. The zero-order valence-electron chi connectivity index (χ0n) is 10.8. The summed E-state index contributed by atoms with van der Waals surface area (Å²) in [4.78, 5) is 1.99. The van der Waals surface area contributed by atoms with E-state index in [0.29, 0.717) is 18.7 Å². The van der Waals surface area contributed by atoms with E-state index >= 15 is 0 Å². The van der Waals surface area contributed by atoms with E-state index in [4.69, 9.17) is 23.2 Å². The Kier molecular flexibility index (Phi) is 5.43. The van der Waals surface area contributed by atoms with Gasteiger partial charge in [-0.2, -0.15) is 0 Å². The van der Waals surface area contributed by atoms with E-state index in [0.717, 1.165) is 13.1 Å². The predicted molar refractivity (Wildman–Crippen MR) is 75.9 cm³/mol. The van der Waals surface area contributed by atoms with Crippen LogP contribution in [0.1, 0.15) is 18.0 Å². The molecule has 1 aliphatic heterocycles. The summed E-state index contributed by atoms with van der Waals surface area (Å²) in [5.41, 5.74) is 0.611. The first-order valence-corrected chi connectivity index (χ1v) is 7.15. The van der Waals surface area contributed by atoms with Gasteiger partial charge in [0, 0.05) is 38.6 Å². The molecule has 0 amide bonds. The lowest BCUT2D eigenvalue weighted by atomic mass is 10.0. The first-order chi connectivity index (χ1) is 9.49. The predicted octanol–water partition coefficient (Wildman–Crippen LogP) is 3.30. The van der Waals surface area contributed by atoms with Crippen LogP contribution in [0.2, 0.25) is 10.0 Å². The Labute approximate surface area is 126 Å². The fourth-order valence-corrected chi connectivity index (χ4v) is 2.94. The topological polar surface area (TPSA) is 35.5 Å². The van der Waals surface area contributed by atoms with Gasteiger partial charge >= 0.3 is 0 Å². The maximum Gasteiger partial charge on any atom is 0.240 e. The van der Waals surface area contributed by atoms with Crippen molar-refractivity contribution in [1.82, 2.24) is 10.2 Å². The van der Waals surface area contributed by atoms with Crippen LogP contribution in [0.5, 0.6) is 5.75 Å². The standard InChI is InChI=1S/C13H16Cl2F2N2O/c14-9-5-8(6-10(15)13(9)20)11(7-12(16)17)19-3-1-18-2-4-19/h5-6,11-12,18,20H,1-4,7H2/t11-/m0/s1. The highest BCUT2D eigenvalue weighted by Crippen LogP contribution is 2.37. The third-order valence-electron chi connectivity index (χ3n) is 3.42. The van der Waals surface area contributed by atoms with Gasteiger partial charge in [-0.15, -0.1) is 0 Å². The Hall–Kier alpha value is -0.620. The van der Waals surface area contributed by atoms with Gasteiger partial charge < -0.3 is 10.4 Å². The molecule has 1 saturated heterocycles. The van der Waals surface area contributed by atoms with E-state index < -0.39 is 12.5 Å². The largest absolute Gasteiger partial charge is 0.505 e. The molecule has 1 aromatic rings. The molecule has 1 heterocycles. The van der Waals surface area contributed by atoms with E-state index in [-0.39, 0.29) is 22.2 Å². The van der Waals surface area contributed by atoms with Gasteiger partial charge in [0.05, 0.1) is 10.0 Å². The fourth-order valence-electron chi connectivity index (χ4n) is 2.44. The Morgan fingerprint density at radius 2 is 1.75 bits per heavy atom. The number of rotatable bonds is 4. The van der Waals surface area contributed by atoms with Gasteiger partial charge in [0.2, 0.25) is 6.43 Å². The summed E-state index contributed by atoms with van der Waals surface area (Å²) in [6, 6.07) is 2.57. The van der Waals surface area contributed by atoms with Gasteiger partial charge in [0.15, 0.2) is 5.75 Å². The highest BCUT2D eigenvalue weighted by Gasteiger charge is 2.26. The van der Waals surface area contributed by atoms with E-state index in [1.807, 2.05) is 4.90 Å². The number of phenols is 1. The number of nitrogens with one attached hydrogen (secondary N) is 1. The second-order valence-corrected chi connectivity index (χ2v) is 5.58. The Morgan fingerprint density at radius 3 is 2.25 bits per heavy atom. The van der Waals surface area contributed by atoms with Crippen LogP contribution in [0, 0.1) is 0 Å². The highest BCUT2D eigenvalue weighted by molar-refractivity contribution is 6.37. The number of halogens is 4. The van der Waals surface area contributed by atoms with Crippen molar-refractivity contribution in [2.45, 2.75) is 18.9 Å². The highest BCUT2D eigenvalue weighted by atomic mass is 35.5. The van der Waals surface area contributed by atoms with Gasteiger partial charge in [-0.05, 0) is 17.7 Å². The van der Waals surface area contributed by atoms with Crippen molar-refractivity contribution in [3.8, 4) is 5.75 Å². The van der Waals surface area contributed by atoms with Crippen LogP contribution in [-0.4, -0.2) is 42.6 Å². The van der Waals surface area contributed by atoms with Crippen LogP contribution >= 0.6 is 23.2 Å². The number of alkyl halides is 2. The molecule has 0 radical (unpaired) electrons. The second kappa shape index (κ2) is 6.89. The van der Waals surface area contributed by atoms with Crippen molar-refractivity contribution < 1.29 is 13.9 Å². The van der Waals surface area contributed by atoms with Crippen LogP contribution in [0.4, 0.5) is 8.78 Å². The lowest BCUT2D eigenvalue weighted by Crippen LogP contribution is -2.45. The molecule has 20 heavy (non-hydrogen) atoms. The number of hydrogen-bond acceptors (Lipinski definition) is 3. The van der Waals surface area contributed by atoms with E-state index in [1.54, 1.807) is 0 Å². The molecule has 0 spiro atoms. The molecule has 0 saturated carbocycles. The van der Waals surface area contributed by atoms with E-state index in [2.05, 4.69) is 5.32 Å². The summed E-state index contributed by atoms with van der Waals surface area (Å²) in [5, 5.41) is 12.9. The molecule has 2 N–H and O–H groups in total. The molecule has 0 aromatic heterocycles. The zero-order valence-corrected chi connectivity index (χ0v) is 12.3. The number of nitrogens with zero attached hydrogens (tertiary/aromatic N) is 1. The molecule has 0 aliphatic carbocycles. The third kappa shape index (κ3) is 3.73. The Morgan fingerprint density at radius 1 is 1.20 bits per heavy atom. The monoisotopic (exact) mass is 324 g/mol. The fraction of sp³-hybridized carbons (Fsp3) is 0.538. The molecule has 7 heteroatoms. The van der Waals surface area contributed by atoms with Crippen molar-refractivity contribution in [3.63, 3.8) is 0 Å². The lowest BCUT2D eigenvalue weighted by Gasteiger charge is -2.35. The quantitative estimate of drug-likeness (QED) is 0.892. The molecule has 1 atom stereocenters. The van der Waals surface area contributed by atoms with Crippen molar-refractivity contribution in [2.75, 3.05) is 26.2 Å². The molecular formula is C13H16Cl2F2N2O. The van der Waals surface area contributed by atoms with Gasteiger partial charge in [0.1, 0.15) is 0 Å². The number of phenolic OH excluding ortho intramolecular Hbond substituents is 1. The zero-order chi connectivity index (χ0) is 14.7. The molecular weight excluding hydrogens is 309 g/mol. The Balaban J connectivity index is 2.30. The second-order valence-electron chi connectivity index (χ2n) is 4.76. The minimum absolute atomic E-state index is 0.0851. The van der Waals surface area contributed by atoms with Crippen molar-refractivity contribution in [1.29, 1.82) is 0 Å². The molecule has 1 aliphatic rings. The summed E-state index contributed by atoms with van der Waals surface area (Å²) in [6.45, 7) is 2.90. The van der Waals surface area contributed by atoms with Crippen molar-refractivity contribution >= 4 is 23.2 Å². The number of benzene rings is 1. The van der Waals surface area contributed by atoms with Crippen LogP contribution in [0.15, 0.2) is 12.1 Å². The van der Waals surface area contributed by atoms with Crippen LogP contribution in [-0.2, 0) is 0 Å². The molecule has 1 aromatic carbocycles. The maximum atomic E-state index is 12.8. The van der Waals surface area contributed by atoms with Crippen LogP contribution in [0.3, 0.4) is 0 Å². The summed E-state index contributed by atoms with van der Waals surface area (Å²) in [5.74, 6) is -0.215. The lowest BCUT2D eigenvalue weighted by molar-refractivity contribution is 0.0739. The average Bonchev–Trinajstić information content (AvgIpc) is 2.42. The number of aromatic hydroxyl groups is 1. The summed E-state index contributed by atoms with van der Waals surface area (Å²) < 4.78 is 25.7. The molecule has 0 unspecified atom stereocenters. The van der Waals surface area contributed by atoms with Gasteiger partial charge in [-0.3, -0.25) is 4.90 Å².